The zero-order valence-corrected chi connectivity index (χ0v) is 24.6. The third-order valence-corrected chi connectivity index (χ3v) is 6.71. The zero-order valence-electron chi connectivity index (χ0n) is 23.7. The Morgan fingerprint density at radius 2 is 1.67 bits per heavy atom. The van der Waals surface area contributed by atoms with Gasteiger partial charge in [-0.15, -0.1) is 4.52 Å². The van der Waals surface area contributed by atoms with Crippen LogP contribution in [0.5, 0.6) is 0 Å². The SMILES string of the molecule is CC(C)OC(=O)C(C)O[P+](=O)COC(C)Cn1cnc2c(N)ncnc21.CC(C)OC(=O)C1(N)CCCCC1. The van der Waals surface area contributed by atoms with Crippen molar-refractivity contribution in [3.63, 3.8) is 0 Å². The van der Waals surface area contributed by atoms with Gasteiger partial charge >= 0.3 is 20.0 Å². The van der Waals surface area contributed by atoms with E-state index in [1.807, 2.05) is 20.8 Å². The van der Waals surface area contributed by atoms with Crippen LogP contribution in [-0.4, -0.2) is 67.8 Å². The fourth-order valence-electron chi connectivity index (χ4n) is 3.85. The van der Waals surface area contributed by atoms with Crippen molar-refractivity contribution < 1.29 is 32.9 Å². The van der Waals surface area contributed by atoms with E-state index < -0.39 is 25.6 Å². The molecule has 218 valence electrons. The van der Waals surface area contributed by atoms with Crippen LogP contribution >= 0.6 is 8.03 Å². The normalized spacial score (nSPS) is 16.8. The number of hydrogen-bond acceptors (Lipinski definition) is 12. The molecule has 1 aliphatic rings. The van der Waals surface area contributed by atoms with Gasteiger partial charge in [0.05, 0.1) is 31.2 Å². The van der Waals surface area contributed by atoms with E-state index in [4.69, 9.17) is 30.2 Å². The van der Waals surface area contributed by atoms with E-state index in [2.05, 4.69) is 15.0 Å². The molecule has 39 heavy (non-hydrogen) atoms. The first-order chi connectivity index (χ1) is 18.3. The molecule has 0 amide bonds. The van der Waals surface area contributed by atoms with Crippen molar-refractivity contribution >= 4 is 36.9 Å². The molecular weight excluding hydrogens is 527 g/mol. The molecule has 0 aliphatic heterocycles. The first kappa shape index (κ1) is 32.5. The van der Waals surface area contributed by atoms with Crippen molar-refractivity contribution in [3.05, 3.63) is 12.7 Å². The molecule has 2 heterocycles. The molecule has 0 spiro atoms. The molecular formula is C25H42N6O7P+. The summed E-state index contributed by atoms with van der Waals surface area (Å²) in [6, 6.07) is 0. The van der Waals surface area contributed by atoms with Gasteiger partial charge < -0.3 is 30.2 Å². The van der Waals surface area contributed by atoms with Crippen molar-refractivity contribution in [1.82, 2.24) is 19.5 Å². The average molecular weight is 570 g/mol. The molecule has 3 atom stereocenters. The summed E-state index contributed by atoms with van der Waals surface area (Å²) in [6.45, 7) is 10.9. The van der Waals surface area contributed by atoms with Crippen molar-refractivity contribution in [2.24, 2.45) is 5.73 Å². The molecule has 0 bridgehead atoms. The molecule has 3 rings (SSSR count). The highest BCUT2D eigenvalue weighted by Gasteiger charge is 2.37. The predicted octanol–water partition coefficient (Wildman–Crippen LogP) is 3.47. The monoisotopic (exact) mass is 569 g/mol. The van der Waals surface area contributed by atoms with E-state index in [0.717, 1.165) is 25.7 Å². The lowest BCUT2D eigenvalue weighted by atomic mass is 9.83. The van der Waals surface area contributed by atoms with Crippen molar-refractivity contribution in [1.29, 1.82) is 0 Å². The highest BCUT2D eigenvalue weighted by atomic mass is 31.1. The number of aromatic nitrogens is 4. The van der Waals surface area contributed by atoms with Gasteiger partial charge in [0.2, 0.25) is 6.10 Å². The third-order valence-electron chi connectivity index (χ3n) is 5.80. The topological polar surface area (TPSA) is 184 Å². The summed E-state index contributed by atoms with van der Waals surface area (Å²) in [6.07, 6.45) is 6.12. The quantitative estimate of drug-likeness (QED) is 0.297. The second kappa shape index (κ2) is 15.2. The highest BCUT2D eigenvalue weighted by molar-refractivity contribution is 7.38. The van der Waals surface area contributed by atoms with E-state index in [0.29, 0.717) is 23.5 Å². The molecule has 3 unspecified atom stereocenters. The van der Waals surface area contributed by atoms with Crippen molar-refractivity contribution in [3.8, 4) is 0 Å². The number of ether oxygens (including phenoxy) is 3. The Morgan fingerprint density at radius 3 is 2.28 bits per heavy atom. The number of nitrogen functional groups attached to an aromatic ring is 1. The zero-order chi connectivity index (χ0) is 29.2. The molecule has 0 radical (unpaired) electrons. The lowest BCUT2D eigenvalue weighted by Gasteiger charge is -2.31. The number of nitrogens with zero attached hydrogens (tertiary/aromatic N) is 4. The van der Waals surface area contributed by atoms with E-state index >= 15 is 0 Å². The van der Waals surface area contributed by atoms with E-state index in [9.17, 15) is 14.2 Å². The Hall–Kier alpha value is -2.73. The number of nitrogens with two attached hydrogens (primary N) is 2. The number of fused-ring (bicyclic) bond motifs is 1. The van der Waals surface area contributed by atoms with Crippen LogP contribution < -0.4 is 11.5 Å². The molecule has 4 N–H and O–H groups in total. The van der Waals surface area contributed by atoms with Crippen LogP contribution in [0.2, 0.25) is 0 Å². The fraction of sp³-hybridized carbons (Fsp3) is 0.720. The second-order valence-corrected chi connectivity index (χ2v) is 11.3. The molecule has 1 aliphatic carbocycles. The number of imidazole rings is 1. The van der Waals surface area contributed by atoms with Gasteiger partial charge in [-0.05, 0) is 58.9 Å². The van der Waals surface area contributed by atoms with Crippen LogP contribution in [0.1, 0.15) is 73.6 Å². The Balaban J connectivity index is 0.000000344. The molecule has 0 aromatic carbocycles. The Morgan fingerprint density at radius 1 is 1.03 bits per heavy atom. The number of esters is 2. The molecule has 1 fully saturated rings. The van der Waals surface area contributed by atoms with E-state index in [-0.39, 0.29) is 30.6 Å². The summed E-state index contributed by atoms with van der Waals surface area (Å²) in [7, 11) is -2.16. The van der Waals surface area contributed by atoms with Crippen molar-refractivity contribution in [2.75, 3.05) is 12.1 Å². The standard InChI is InChI=1S/C15H23N5O5P.C10H19NO2/c1-9(2)24-15(21)11(4)25-26(22)8-23-10(3)5-20-7-19-12-13(16)17-6-18-14(12)20;1-8(2)13-9(12)10(11)6-4-3-5-7-10/h6-7,9-11H,5,8H2,1-4H3,(H2,16,17,18);8H,3-7,11H2,1-2H3/q+1;. The van der Waals surface area contributed by atoms with Gasteiger partial charge in [0.15, 0.2) is 11.5 Å². The Labute approximate surface area is 230 Å². The maximum atomic E-state index is 11.9. The van der Waals surface area contributed by atoms with Gasteiger partial charge in [-0.2, -0.15) is 0 Å². The molecule has 0 saturated heterocycles. The maximum Gasteiger partial charge on any atom is 0.537 e. The number of carbonyl (C=O) groups excluding carboxylic acids is 2. The van der Waals surface area contributed by atoms with Gasteiger partial charge in [0.25, 0.3) is 6.35 Å². The fourth-order valence-corrected chi connectivity index (χ4v) is 4.72. The third kappa shape index (κ3) is 10.4. The minimum absolute atomic E-state index is 0.0603. The second-order valence-electron chi connectivity index (χ2n) is 10.2. The summed E-state index contributed by atoms with van der Waals surface area (Å²) in [5.74, 6) is -0.471. The first-order valence-electron chi connectivity index (χ1n) is 13.2. The largest absolute Gasteiger partial charge is 0.537 e. The number of carbonyl (C=O) groups is 2. The smallest absolute Gasteiger partial charge is 0.462 e. The molecule has 13 nitrogen and oxygen atoms in total. The lowest BCUT2D eigenvalue weighted by Crippen LogP contribution is -2.50. The van der Waals surface area contributed by atoms with Crippen LogP contribution in [0.25, 0.3) is 11.2 Å². The van der Waals surface area contributed by atoms with Crippen molar-refractivity contribution in [2.45, 2.75) is 110 Å². The van der Waals surface area contributed by atoms with Gasteiger partial charge in [0.1, 0.15) is 17.4 Å². The summed E-state index contributed by atoms with van der Waals surface area (Å²) < 4.78 is 34.5. The molecule has 1 saturated carbocycles. The predicted molar refractivity (Wildman–Crippen MR) is 146 cm³/mol. The van der Waals surface area contributed by atoms with Crippen LogP contribution in [0.15, 0.2) is 12.7 Å². The lowest BCUT2D eigenvalue weighted by molar-refractivity contribution is -0.156. The van der Waals surface area contributed by atoms with Crippen LogP contribution in [-0.2, 0) is 39.4 Å². The highest BCUT2D eigenvalue weighted by Crippen LogP contribution is 2.28. The summed E-state index contributed by atoms with van der Waals surface area (Å²) in [5.41, 5.74) is 12.1. The Kier molecular flexibility index (Phi) is 12.6. The minimum Gasteiger partial charge on any atom is -0.462 e. The van der Waals surface area contributed by atoms with Crippen LogP contribution in [0, 0.1) is 0 Å². The first-order valence-corrected chi connectivity index (χ1v) is 14.5. The van der Waals surface area contributed by atoms with Crippen LogP contribution in [0.4, 0.5) is 5.82 Å². The van der Waals surface area contributed by atoms with Gasteiger partial charge in [0, 0.05) is 0 Å². The summed E-state index contributed by atoms with van der Waals surface area (Å²) in [4.78, 5) is 35.4. The van der Waals surface area contributed by atoms with Gasteiger partial charge in [-0.25, -0.2) is 19.7 Å². The van der Waals surface area contributed by atoms with Gasteiger partial charge in [-0.1, -0.05) is 19.3 Å². The van der Waals surface area contributed by atoms with Crippen LogP contribution in [0.3, 0.4) is 0 Å². The van der Waals surface area contributed by atoms with E-state index in [1.165, 1.54) is 19.7 Å². The number of rotatable bonds is 11. The number of hydrogen-bond donors (Lipinski definition) is 2. The summed E-state index contributed by atoms with van der Waals surface area (Å²) >= 11 is 0. The minimum atomic E-state index is -2.16. The van der Waals surface area contributed by atoms with Gasteiger partial charge in [-0.3, -0.25) is 4.79 Å². The molecule has 14 heteroatoms. The Bertz CT molecular complexity index is 1100. The summed E-state index contributed by atoms with van der Waals surface area (Å²) in [5, 5.41) is 0. The molecule has 2 aromatic rings. The number of anilines is 1. The average Bonchev–Trinajstić information content (AvgIpc) is 3.26. The molecule has 2 aromatic heterocycles. The van der Waals surface area contributed by atoms with E-state index in [1.54, 1.807) is 24.7 Å². The maximum absolute atomic E-state index is 11.9.